The van der Waals surface area contributed by atoms with E-state index in [1.54, 1.807) is 12.4 Å². The van der Waals surface area contributed by atoms with Gasteiger partial charge in [0.15, 0.2) is 0 Å². The van der Waals surface area contributed by atoms with Gasteiger partial charge in [0.05, 0.1) is 39.5 Å². The maximum atomic E-state index is 11.1. The predicted molar refractivity (Wildman–Crippen MR) is 169 cm³/mol. The molecule has 2 aliphatic rings. The smallest absolute Gasteiger partial charge is 0.133 e. The number of quaternary nitrogens is 2. The van der Waals surface area contributed by atoms with Crippen molar-refractivity contribution in [2.45, 2.75) is 65.5 Å². The summed E-state index contributed by atoms with van der Waals surface area (Å²) in [6.07, 6.45) is 3.55. The van der Waals surface area contributed by atoms with Crippen molar-refractivity contribution in [3.8, 4) is 11.5 Å². The zero-order chi connectivity index (χ0) is 30.3. The molecule has 0 saturated carbocycles. The number of aromatic hydroxyl groups is 2. The quantitative estimate of drug-likeness (QED) is 0.191. The minimum atomic E-state index is -0.0403. The van der Waals surface area contributed by atoms with Crippen molar-refractivity contribution >= 4 is 12.4 Å². The van der Waals surface area contributed by atoms with Gasteiger partial charge in [-0.2, -0.15) is 0 Å². The first-order valence-corrected chi connectivity index (χ1v) is 15.5. The molecule has 0 atom stereocenters. The van der Waals surface area contributed by atoms with Crippen LogP contribution < -0.4 is 9.80 Å². The van der Waals surface area contributed by atoms with E-state index in [0.29, 0.717) is 24.6 Å². The molecule has 43 heavy (non-hydrogen) atoms. The summed E-state index contributed by atoms with van der Waals surface area (Å²) in [4.78, 5) is 12.1. The molecular formula is C34H52CuN4O4+2. The van der Waals surface area contributed by atoms with E-state index in [1.165, 1.54) is 20.9 Å². The summed E-state index contributed by atoms with van der Waals surface area (Å²) in [5.41, 5.74) is 5.71. The van der Waals surface area contributed by atoms with E-state index in [0.717, 1.165) is 87.9 Å². The number of benzene rings is 2. The Hall–Kier alpha value is -2.26. The van der Waals surface area contributed by atoms with Crippen LogP contribution >= 0.6 is 0 Å². The van der Waals surface area contributed by atoms with E-state index in [2.05, 4.69) is 63.7 Å². The second-order valence-electron chi connectivity index (χ2n) is 13.8. The topological polar surface area (TPSA) is 92.5 Å². The minimum absolute atomic E-state index is 0. The molecule has 2 aromatic rings. The van der Waals surface area contributed by atoms with Crippen LogP contribution in [0.15, 0.2) is 34.3 Å². The third-order valence-electron chi connectivity index (χ3n) is 8.27. The number of phenols is 2. The molecule has 241 valence electrons. The van der Waals surface area contributed by atoms with Crippen LogP contribution in [0.25, 0.3) is 0 Å². The fraction of sp³-hybridized carbons (Fsp3) is 0.588. The number of hydrogen-bond acceptors (Lipinski definition) is 6. The summed E-state index contributed by atoms with van der Waals surface area (Å²) in [5.74, 6) is 0.626. The SMILES string of the molecule is CC(C)(C)c1cc(C=NCCN=Cc2cc(C(C)(C)C)cc(C[NH+]3CCOCC3)c2O)c(O)c(C[NH+]2CCOCC2)c1.[Cu]. The molecule has 1 radical (unpaired) electrons. The van der Waals surface area contributed by atoms with Gasteiger partial charge in [-0.25, -0.2) is 0 Å². The molecule has 0 aromatic heterocycles. The first-order chi connectivity index (χ1) is 19.9. The van der Waals surface area contributed by atoms with Crippen LogP contribution in [0.1, 0.15) is 74.9 Å². The van der Waals surface area contributed by atoms with E-state index in [-0.39, 0.29) is 27.9 Å². The molecule has 0 spiro atoms. The second kappa shape index (κ2) is 15.6. The minimum Gasteiger partial charge on any atom is -0.507 e. The maximum absolute atomic E-state index is 11.1. The Morgan fingerprint density at radius 1 is 0.651 bits per heavy atom. The van der Waals surface area contributed by atoms with Gasteiger partial charge in [0.25, 0.3) is 0 Å². The maximum Gasteiger partial charge on any atom is 0.133 e. The van der Waals surface area contributed by atoms with Gasteiger partial charge < -0.3 is 29.5 Å². The van der Waals surface area contributed by atoms with Crippen LogP contribution in [-0.2, 0) is 50.5 Å². The Morgan fingerprint density at radius 2 is 1.00 bits per heavy atom. The molecule has 9 heteroatoms. The second-order valence-corrected chi connectivity index (χ2v) is 13.8. The van der Waals surface area contributed by atoms with Crippen LogP contribution in [0.3, 0.4) is 0 Å². The number of phenolic OH excluding ortho intramolecular Hbond substituents is 2. The van der Waals surface area contributed by atoms with Crippen LogP contribution in [0.2, 0.25) is 0 Å². The number of aliphatic imine (C=N–C) groups is 2. The normalized spacial score (nSPS) is 17.5. The van der Waals surface area contributed by atoms with Crippen molar-refractivity contribution in [2.75, 3.05) is 65.7 Å². The zero-order valence-corrected chi connectivity index (χ0v) is 27.8. The molecule has 0 unspecified atom stereocenters. The van der Waals surface area contributed by atoms with Crippen molar-refractivity contribution in [3.05, 3.63) is 57.6 Å². The average molecular weight is 644 g/mol. The van der Waals surface area contributed by atoms with Crippen molar-refractivity contribution < 1.29 is 46.6 Å². The summed E-state index contributed by atoms with van der Waals surface area (Å²) < 4.78 is 11.0. The molecule has 2 heterocycles. The summed E-state index contributed by atoms with van der Waals surface area (Å²) >= 11 is 0. The van der Waals surface area contributed by atoms with Gasteiger partial charge >= 0.3 is 0 Å². The van der Waals surface area contributed by atoms with E-state index in [9.17, 15) is 10.2 Å². The fourth-order valence-electron chi connectivity index (χ4n) is 5.42. The van der Waals surface area contributed by atoms with Crippen LogP contribution in [0, 0.1) is 0 Å². The third-order valence-corrected chi connectivity index (χ3v) is 8.27. The Morgan fingerprint density at radius 3 is 1.33 bits per heavy atom. The molecule has 4 rings (SSSR count). The molecule has 2 fully saturated rings. The fourth-order valence-corrected chi connectivity index (χ4v) is 5.42. The summed E-state index contributed by atoms with van der Waals surface area (Å²) in [7, 11) is 0. The van der Waals surface area contributed by atoms with Gasteiger partial charge in [0.1, 0.15) is 50.8 Å². The number of hydrogen-bond donors (Lipinski definition) is 4. The number of nitrogens with one attached hydrogen (secondary N) is 2. The van der Waals surface area contributed by atoms with Crippen molar-refractivity contribution in [3.63, 3.8) is 0 Å². The third kappa shape index (κ3) is 10.1. The Kier molecular flexibility index (Phi) is 12.8. The van der Waals surface area contributed by atoms with E-state index >= 15 is 0 Å². The molecule has 0 aliphatic carbocycles. The van der Waals surface area contributed by atoms with Crippen LogP contribution in [-0.4, -0.2) is 88.3 Å². The van der Waals surface area contributed by atoms with Crippen molar-refractivity contribution in [2.24, 2.45) is 9.98 Å². The monoisotopic (exact) mass is 643 g/mol. The number of ether oxygens (including phenoxy) is 2. The summed E-state index contributed by atoms with van der Waals surface area (Å²) in [6, 6.07) is 8.39. The summed E-state index contributed by atoms with van der Waals surface area (Å²) in [6.45, 7) is 22.5. The van der Waals surface area contributed by atoms with E-state index in [1.807, 2.05) is 12.1 Å². The Bertz CT molecular complexity index is 1160. The first kappa shape index (κ1) is 35.2. The number of nitrogens with zero attached hydrogens (tertiary/aromatic N) is 2. The standard InChI is InChI=1S/C34H50N4O4.Cu/c1-33(2,3)29-17-25(31(39)27(19-29)23-37-9-13-41-14-10-37)21-35-7-8-36-22-26-18-30(34(4,5)6)20-28(32(26)40)24-38-11-15-42-16-12-38;/h17-22,39-40H,7-16,23-24H2,1-6H3;/p+2. The van der Waals surface area contributed by atoms with Crippen LogP contribution in [0.5, 0.6) is 11.5 Å². The molecule has 8 nitrogen and oxygen atoms in total. The van der Waals surface area contributed by atoms with Gasteiger partial charge in [-0.15, -0.1) is 0 Å². The number of rotatable bonds is 9. The Labute approximate surface area is 268 Å². The molecule has 4 N–H and O–H groups in total. The first-order valence-electron chi connectivity index (χ1n) is 15.5. The molecule has 2 aromatic carbocycles. The van der Waals surface area contributed by atoms with E-state index < -0.39 is 0 Å². The largest absolute Gasteiger partial charge is 0.507 e. The Balaban J connectivity index is 0.00000506. The zero-order valence-electron chi connectivity index (χ0n) is 26.9. The van der Waals surface area contributed by atoms with Crippen LogP contribution in [0.4, 0.5) is 0 Å². The molecular weight excluding hydrogens is 592 g/mol. The molecule has 0 bridgehead atoms. The van der Waals surface area contributed by atoms with Crippen molar-refractivity contribution in [1.82, 2.24) is 0 Å². The van der Waals surface area contributed by atoms with E-state index in [4.69, 9.17) is 9.47 Å². The van der Waals surface area contributed by atoms with Gasteiger partial charge in [-0.3, -0.25) is 9.98 Å². The van der Waals surface area contributed by atoms with Gasteiger partial charge in [-0.05, 0) is 46.2 Å². The number of morpholine rings is 2. The average Bonchev–Trinajstić information content (AvgIpc) is 2.94. The van der Waals surface area contributed by atoms with Gasteiger partial charge in [-0.1, -0.05) is 41.5 Å². The molecule has 0 amide bonds. The molecule has 2 aliphatic heterocycles. The van der Waals surface area contributed by atoms with Gasteiger partial charge in [0.2, 0.25) is 0 Å². The molecule has 2 saturated heterocycles. The predicted octanol–water partition coefficient (Wildman–Crippen LogP) is 2.06. The van der Waals surface area contributed by atoms with Gasteiger partial charge in [0, 0.05) is 51.8 Å². The van der Waals surface area contributed by atoms with Crippen molar-refractivity contribution in [1.29, 1.82) is 0 Å². The summed E-state index contributed by atoms with van der Waals surface area (Å²) in [5, 5.41) is 22.2.